The van der Waals surface area contributed by atoms with E-state index in [2.05, 4.69) is 25.2 Å². The van der Waals surface area contributed by atoms with Crippen molar-refractivity contribution in [2.24, 2.45) is 5.92 Å². The monoisotopic (exact) mass is 288 g/mol. The highest BCUT2D eigenvalue weighted by atomic mass is 16.2. The maximum atomic E-state index is 12.6. The van der Waals surface area contributed by atoms with Crippen molar-refractivity contribution in [1.29, 1.82) is 0 Å². The van der Waals surface area contributed by atoms with E-state index >= 15 is 0 Å². The molecule has 0 bridgehead atoms. The van der Waals surface area contributed by atoms with Gasteiger partial charge in [-0.1, -0.05) is 43.7 Å². The fraction of sp³-hybridized carbons (Fsp3) is 0.529. The molecule has 1 N–H and O–H groups in total. The lowest BCUT2D eigenvalue weighted by molar-refractivity contribution is -0.134. The third-order valence-electron chi connectivity index (χ3n) is 3.72. The number of amides is 2. The van der Waals surface area contributed by atoms with Crippen LogP contribution in [0.4, 0.5) is 0 Å². The lowest BCUT2D eigenvalue weighted by atomic mass is 10.0. The van der Waals surface area contributed by atoms with Crippen LogP contribution in [-0.4, -0.2) is 29.3 Å². The van der Waals surface area contributed by atoms with Gasteiger partial charge in [-0.25, -0.2) is 0 Å². The molecule has 0 radical (unpaired) electrons. The Labute approximate surface area is 126 Å². The molecule has 1 aliphatic heterocycles. The fourth-order valence-electron chi connectivity index (χ4n) is 2.71. The largest absolute Gasteiger partial charge is 0.344 e. The molecule has 1 aromatic carbocycles. The van der Waals surface area contributed by atoms with Crippen LogP contribution in [0.5, 0.6) is 0 Å². The van der Waals surface area contributed by atoms with Crippen molar-refractivity contribution >= 4 is 11.8 Å². The number of rotatable bonds is 4. The topological polar surface area (TPSA) is 49.4 Å². The molecule has 2 amide bonds. The molecule has 1 saturated heterocycles. The van der Waals surface area contributed by atoms with Gasteiger partial charge in [0, 0.05) is 19.5 Å². The molecule has 1 aliphatic rings. The predicted molar refractivity (Wildman–Crippen MR) is 82.6 cm³/mol. The zero-order valence-electron chi connectivity index (χ0n) is 13.1. The van der Waals surface area contributed by atoms with E-state index in [0.717, 1.165) is 5.56 Å². The summed E-state index contributed by atoms with van der Waals surface area (Å²) in [5, 5.41) is 2.86. The maximum absolute atomic E-state index is 12.6. The smallest absolute Gasteiger partial charge is 0.245 e. The fourth-order valence-corrected chi connectivity index (χ4v) is 2.71. The standard InChI is InChI=1S/C17H24N2O2/c1-12(2)9-15-17(21)19(8-7-16(20)18-15)11-14-6-4-5-13(3)10-14/h4-6,10,12,15H,7-9,11H2,1-3H3,(H,18,20). The van der Waals surface area contributed by atoms with E-state index in [0.29, 0.717) is 31.8 Å². The van der Waals surface area contributed by atoms with Gasteiger partial charge >= 0.3 is 0 Å². The Bertz CT molecular complexity index is 525. The molecule has 1 heterocycles. The normalized spacial score (nSPS) is 19.6. The average molecular weight is 288 g/mol. The predicted octanol–water partition coefficient (Wildman–Crippen LogP) is 2.26. The second kappa shape index (κ2) is 6.74. The summed E-state index contributed by atoms with van der Waals surface area (Å²) < 4.78 is 0. The molecule has 4 nitrogen and oxygen atoms in total. The molecular formula is C17H24N2O2. The molecule has 1 unspecified atom stereocenters. The first-order chi connectivity index (χ1) is 9.95. The number of nitrogens with one attached hydrogen (secondary N) is 1. The Morgan fingerprint density at radius 3 is 2.76 bits per heavy atom. The van der Waals surface area contributed by atoms with Crippen LogP contribution in [0.2, 0.25) is 0 Å². The van der Waals surface area contributed by atoms with Crippen molar-refractivity contribution in [3.05, 3.63) is 35.4 Å². The first-order valence-corrected chi connectivity index (χ1v) is 7.59. The van der Waals surface area contributed by atoms with Crippen LogP contribution in [0.25, 0.3) is 0 Å². The van der Waals surface area contributed by atoms with Gasteiger partial charge in [-0.15, -0.1) is 0 Å². The van der Waals surface area contributed by atoms with Crippen LogP contribution in [0.1, 0.15) is 37.8 Å². The Morgan fingerprint density at radius 1 is 1.33 bits per heavy atom. The molecule has 1 fully saturated rings. The SMILES string of the molecule is Cc1cccc(CN2CCC(=O)NC(CC(C)C)C2=O)c1. The third-order valence-corrected chi connectivity index (χ3v) is 3.72. The van der Waals surface area contributed by atoms with E-state index in [9.17, 15) is 9.59 Å². The minimum Gasteiger partial charge on any atom is -0.344 e. The average Bonchev–Trinajstić information content (AvgIpc) is 2.52. The van der Waals surface area contributed by atoms with Crippen LogP contribution >= 0.6 is 0 Å². The van der Waals surface area contributed by atoms with Gasteiger partial charge < -0.3 is 10.2 Å². The van der Waals surface area contributed by atoms with Gasteiger partial charge in [0.25, 0.3) is 0 Å². The summed E-state index contributed by atoms with van der Waals surface area (Å²) in [6.45, 7) is 7.24. The van der Waals surface area contributed by atoms with Crippen molar-refractivity contribution in [2.75, 3.05) is 6.54 Å². The molecule has 2 rings (SSSR count). The summed E-state index contributed by atoms with van der Waals surface area (Å²) >= 11 is 0. The zero-order chi connectivity index (χ0) is 15.4. The van der Waals surface area contributed by atoms with E-state index in [1.54, 1.807) is 4.90 Å². The lowest BCUT2D eigenvalue weighted by Crippen LogP contribution is -2.45. The molecule has 1 aromatic rings. The van der Waals surface area contributed by atoms with Gasteiger partial charge in [0.1, 0.15) is 6.04 Å². The summed E-state index contributed by atoms with van der Waals surface area (Å²) in [5.41, 5.74) is 2.30. The summed E-state index contributed by atoms with van der Waals surface area (Å²) in [4.78, 5) is 26.2. The van der Waals surface area contributed by atoms with E-state index in [1.165, 1.54) is 5.56 Å². The molecule has 4 heteroatoms. The Hall–Kier alpha value is -1.84. The first kappa shape index (κ1) is 15.5. The Balaban J connectivity index is 2.13. The van der Waals surface area contributed by atoms with Gasteiger partial charge in [0.15, 0.2) is 0 Å². The molecular weight excluding hydrogens is 264 g/mol. The van der Waals surface area contributed by atoms with Crippen LogP contribution in [0, 0.1) is 12.8 Å². The highest BCUT2D eigenvalue weighted by molar-refractivity contribution is 5.89. The van der Waals surface area contributed by atoms with Crippen molar-refractivity contribution in [3.63, 3.8) is 0 Å². The zero-order valence-corrected chi connectivity index (χ0v) is 13.1. The summed E-state index contributed by atoms with van der Waals surface area (Å²) in [5.74, 6) is 0.384. The Kier molecular flexibility index (Phi) is 4.99. The number of hydrogen-bond acceptors (Lipinski definition) is 2. The van der Waals surface area contributed by atoms with Gasteiger partial charge in [-0.05, 0) is 24.8 Å². The van der Waals surface area contributed by atoms with Crippen LogP contribution in [-0.2, 0) is 16.1 Å². The summed E-state index contributed by atoms with van der Waals surface area (Å²) in [6.07, 6.45) is 1.07. The van der Waals surface area contributed by atoms with Crippen LogP contribution in [0.15, 0.2) is 24.3 Å². The number of aryl methyl sites for hydroxylation is 1. The number of carbonyl (C=O) groups is 2. The van der Waals surface area contributed by atoms with Gasteiger partial charge in [0.2, 0.25) is 11.8 Å². The second-order valence-corrected chi connectivity index (χ2v) is 6.25. The van der Waals surface area contributed by atoms with Gasteiger partial charge in [0.05, 0.1) is 0 Å². The van der Waals surface area contributed by atoms with Crippen LogP contribution < -0.4 is 5.32 Å². The molecule has 0 aromatic heterocycles. The highest BCUT2D eigenvalue weighted by Crippen LogP contribution is 2.15. The summed E-state index contributed by atoms with van der Waals surface area (Å²) in [7, 11) is 0. The van der Waals surface area contributed by atoms with E-state index in [1.807, 2.05) is 25.1 Å². The number of carbonyl (C=O) groups excluding carboxylic acids is 2. The lowest BCUT2D eigenvalue weighted by Gasteiger charge is -2.25. The van der Waals surface area contributed by atoms with Gasteiger partial charge in [-0.3, -0.25) is 9.59 Å². The number of hydrogen-bond donors (Lipinski definition) is 1. The molecule has 0 aliphatic carbocycles. The highest BCUT2D eigenvalue weighted by Gasteiger charge is 2.30. The molecule has 114 valence electrons. The minimum atomic E-state index is -0.384. The molecule has 1 atom stereocenters. The minimum absolute atomic E-state index is 0.0271. The molecule has 0 saturated carbocycles. The van der Waals surface area contributed by atoms with Gasteiger partial charge in [-0.2, -0.15) is 0 Å². The quantitative estimate of drug-likeness (QED) is 0.924. The number of benzene rings is 1. The van der Waals surface area contributed by atoms with Crippen LogP contribution in [0.3, 0.4) is 0 Å². The second-order valence-electron chi connectivity index (χ2n) is 6.25. The number of nitrogens with zero attached hydrogens (tertiary/aromatic N) is 1. The Morgan fingerprint density at radius 2 is 2.10 bits per heavy atom. The van der Waals surface area contributed by atoms with E-state index < -0.39 is 0 Å². The third kappa shape index (κ3) is 4.31. The molecule has 21 heavy (non-hydrogen) atoms. The van der Waals surface area contributed by atoms with Crippen molar-refractivity contribution in [1.82, 2.24) is 10.2 Å². The summed E-state index contributed by atoms with van der Waals surface area (Å²) in [6, 6.07) is 7.77. The van der Waals surface area contributed by atoms with Crippen molar-refractivity contribution < 1.29 is 9.59 Å². The van der Waals surface area contributed by atoms with Crippen molar-refractivity contribution in [2.45, 2.75) is 46.2 Å². The molecule has 0 spiro atoms. The van der Waals surface area contributed by atoms with Crippen molar-refractivity contribution in [3.8, 4) is 0 Å². The first-order valence-electron chi connectivity index (χ1n) is 7.59. The van der Waals surface area contributed by atoms with E-state index in [-0.39, 0.29) is 17.9 Å². The maximum Gasteiger partial charge on any atom is 0.245 e. The van der Waals surface area contributed by atoms with E-state index in [4.69, 9.17) is 0 Å².